The highest BCUT2D eigenvalue weighted by atomic mass is 19.1. The van der Waals surface area contributed by atoms with Crippen molar-refractivity contribution in [3.63, 3.8) is 0 Å². The molecule has 1 N–H and O–H groups in total. The number of para-hydroxylation sites is 1. The van der Waals surface area contributed by atoms with Crippen molar-refractivity contribution in [1.29, 1.82) is 0 Å². The van der Waals surface area contributed by atoms with Gasteiger partial charge in [0.25, 0.3) is 5.91 Å². The number of Topliss-reactive ketones (excluding diaryl/α,β-unsaturated/α-hetero) is 1. The lowest BCUT2D eigenvalue weighted by atomic mass is 10.0. The molecule has 1 unspecified atom stereocenters. The summed E-state index contributed by atoms with van der Waals surface area (Å²) >= 11 is 0. The van der Waals surface area contributed by atoms with Crippen LogP contribution < -0.4 is 5.32 Å². The van der Waals surface area contributed by atoms with Crippen LogP contribution in [0, 0.1) is 19.7 Å². The van der Waals surface area contributed by atoms with E-state index in [0.717, 1.165) is 11.1 Å². The topological polar surface area (TPSA) is 72.5 Å². The third-order valence-electron chi connectivity index (χ3n) is 4.19. The van der Waals surface area contributed by atoms with Gasteiger partial charge < -0.3 is 10.1 Å². The molecule has 2 aromatic carbocycles. The summed E-state index contributed by atoms with van der Waals surface area (Å²) in [6.45, 7) is 5.25. The summed E-state index contributed by atoms with van der Waals surface area (Å²) in [5, 5.41) is 2.36. The number of nitrogens with one attached hydrogen (secondary N) is 1. The first kappa shape index (κ1) is 20.3. The minimum atomic E-state index is -1.10. The number of hydrogen-bond donors (Lipinski definition) is 1. The maximum atomic E-state index is 13.5. The van der Waals surface area contributed by atoms with Gasteiger partial charge in [0.05, 0.1) is 12.1 Å². The van der Waals surface area contributed by atoms with Crippen LogP contribution in [0.1, 0.15) is 41.3 Å². The molecule has 0 heterocycles. The average Bonchev–Trinajstić information content (AvgIpc) is 2.63. The molecule has 0 fully saturated rings. The Morgan fingerprint density at radius 3 is 2.41 bits per heavy atom. The van der Waals surface area contributed by atoms with Crippen molar-refractivity contribution >= 4 is 23.3 Å². The number of anilines is 1. The van der Waals surface area contributed by atoms with Crippen molar-refractivity contribution < 1.29 is 23.5 Å². The van der Waals surface area contributed by atoms with Crippen molar-refractivity contribution in [3.05, 3.63) is 65.0 Å². The highest BCUT2D eigenvalue weighted by Crippen LogP contribution is 2.14. The van der Waals surface area contributed by atoms with Gasteiger partial charge >= 0.3 is 5.97 Å². The molecule has 0 saturated carbocycles. The highest BCUT2D eigenvalue weighted by Gasteiger charge is 2.20. The summed E-state index contributed by atoms with van der Waals surface area (Å²) in [7, 11) is 0. The quantitative estimate of drug-likeness (QED) is 0.590. The van der Waals surface area contributed by atoms with Gasteiger partial charge in [-0.2, -0.15) is 0 Å². The molecule has 0 aromatic heterocycles. The fourth-order valence-electron chi connectivity index (χ4n) is 2.38. The molecule has 0 saturated heterocycles. The van der Waals surface area contributed by atoms with Crippen LogP contribution in [-0.2, 0) is 14.3 Å². The molecule has 0 aliphatic heterocycles. The maximum absolute atomic E-state index is 13.5. The number of halogens is 1. The fraction of sp³-hybridized carbons (Fsp3) is 0.286. The van der Waals surface area contributed by atoms with Crippen LogP contribution in [0.2, 0.25) is 0 Å². The van der Waals surface area contributed by atoms with Crippen molar-refractivity contribution in [1.82, 2.24) is 0 Å². The zero-order chi connectivity index (χ0) is 20.0. The number of esters is 1. The van der Waals surface area contributed by atoms with Gasteiger partial charge in [0.2, 0.25) is 0 Å². The molecule has 5 nitrogen and oxygen atoms in total. The minimum Gasteiger partial charge on any atom is -0.453 e. The van der Waals surface area contributed by atoms with Crippen molar-refractivity contribution in [3.8, 4) is 0 Å². The molecule has 1 amide bonds. The van der Waals surface area contributed by atoms with Gasteiger partial charge in [0.15, 0.2) is 11.9 Å². The lowest BCUT2D eigenvalue weighted by molar-refractivity contribution is -0.153. The predicted octanol–water partition coefficient (Wildman–Crippen LogP) is 3.98. The van der Waals surface area contributed by atoms with E-state index in [4.69, 9.17) is 4.74 Å². The van der Waals surface area contributed by atoms with Gasteiger partial charge in [0.1, 0.15) is 5.82 Å². The number of ketones is 1. The van der Waals surface area contributed by atoms with E-state index in [0.29, 0.717) is 5.56 Å². The molecule has 0 radical (unpaired) electrons. The lowest BCUT2D eigenvalue weighted by Crippen LogP contribution is -2.30. The zero-order valence-electron chi connectivity index (χ0n) is 15.5. The molecule has 2 aromatic rings. The summed E-state index contributed by atoms with van der Waals surface area (Å²) in [4.78, 5) is 36.1. The van der Waals surface area contributed by atoms with Crippen LogP contribution >= 0.6 is 0 Å². The average molecular weight is 371 g/mol. The monoisotopic (exact) mass is 371 g/mol. The predicted molar refractivity (Wildman–Crippen MR) is 100 cm³/mol. The number of rotatable bonds is 7. The number of benzene rings is 2. The molecule has 6 heteroatoms. The zero-order valence-corrected chi connectivity index (χ0v) is 15.5. The second kappa shape index (κ2) is 9.07. The molecule has 142 valence electrons. The largest absolute Gasteiger partial charge is 0.453 e. The molecule has 1 atom stereocenters. The summed E-state index contributed by atoms with van der Waals surface area (Å²) in [5.74, 6) is -2.06. The van der Waals surface area contributed by atoms with Crippen LogP contribution in [0.25, 0.3) is 0 Å². The van der Waals surface area contributed by atoms with E-state index in [-0.39, 0.29) is 24.3 Å². The Morgan fingerprint density at radius 1 is 1.04 bits per heavy atom. The summed E-state index contributed by atoms with van der Waals surface area (Å²) in [6, 6.07) is 11.1. The number of carbonyl (C=O) groups is 3. The van der Waals surface area contributed by atoms with Gasteiger partial charge in [-0.25, -0.2) is 4.39 Å². The van der Waals surface area contributed by atoms with E-state index in [9.17, 15) is 18.8 Å². The molecule has 0 bridgehead atoms. The second-order valence-corrected chi connectivity index (χ2v) is 6.32. The smallest absolute Gasteiger partial charge is 0.307 e. The number of aryl methyl sites for hydroxylation is 2. The van der Waals surface area contributed by atoms with Gasteiger partial charge in [-0.15, -0.1) is 0 Å². The third-order valence-corrected chi connectivity index (χ3v) is 4.19. The van der Waals surface area contributed by atoms with Crippen LogP contribution in [0.15, 0.2) is 42.5 Å². The Kier molecular flexibility index (Phi) is 6.82. The van der Waals surface area contributed by atoms with Crippen LogP contribution in [0.5, 0.6) is 0 Å². The lowest BCUT2D eigenvalue weighted by Gasteiger charge is -2.14. The first-order valence-corrected chi connectivity index (χ1v) is 8.63. The Hall–Kier alpha value is -3.02. The highest BCUT2D eigenvalue weighted by molar-refractivity contribution is 5.98. The minimum absolute atomic E-state index is 0.00955. The van der Waals surface area contributed by atoms with E-state index in [1.54, 1.807) is 18.2 Å². The first-order valence-electron chi connectivity index (χ1n) is 8.63. The third kappa shape index (κ3) is 5.74. The normalized spacial score (nSPS) is 11.6. The number of ether oxygens (including phenoxy) is 1. The number of carbonyl (C=O) groups excluding carboxylic acids is 3. The Morgan fingerprint density at radius 2 is 1.74 bits per heavy atom. The van der Waals surface area contributed by atoms with Gasteiger partial charge in [-0.05, 0) is 50.1 Å². The number of hydrogen-bond acceptors (Lipinski definition) is 4. The SMILES string of the molecule is Cc1ccc(C(=O)CCC(=O)OC(C)C(=O)Nc2ccccc2F)cc1C. The van der Waals surface area contributed by atoms with Gasteiger partial charge in [0, 0.05) is 12.0 Å². The van der Waals surface area contributed by atoms with E-state index >= 15 is 0 Å². The Labute approximate surface area is 157 Å². The van der Waals surface area contributed by atoms with Gasteiger partial charge in [-0.1, -0.05) is 24.3 Å². The van der Waals surface area contributed by atoms with Crippen LogP contribution in [-0.4, -0.2) is 23.8 Å². The fourth-order valence-corrected chi connectivity index (χ4v) is 2.38. The summed E-state index contributed by atoms with van der Waals surface area (Å²) in [6.07, 6.45) is -1.25. The van der Waals surface area contributed by atoms with Gasteiger partial charge in [-0.3, -0.25) is 14.4 Å². The summed E-state index contributed by atoms with van der Waals surface area (Å²) < 4.78 is 18.6. The molecule has 0 spiro atoms. The second-order valence-electron chi connectivity index (χ2n) is 6.32. The van der Waals surface area contributed by atoms with E-state index in [2.05, 4.69) is 5.32 Å². The van der Waals surface area contributed by atoms with E-state index in [1.165, 1.54) is 25.1 Å². The standard InChI is InChI=1S/C21H22FNO4/c1-13-8-9-16(12-14(13)2)19(24)10-11-20(25)27-15(3)21(26)23-18-7-5-4-6-17(18)22/h4-9,12,15H,10-11H2,1-3H3,(H,23,26). The van der Waals surface area contributed by atoms with E-state index in [1.807, 2.05) is 19.9 Å². The van der Waals surface area contributed by atoms with Crippen LogP contribution in [0.4, 0.5) is 10.1 Å². The molecule has 2 rings (SSSR count). The van der Waals surface area contributed by atoms with Crippen LogP contribution in [0.3, 0.4) is 0 Å². The van der Waals surface area contributed by atoms with Crippen molar-refractivity contribution in [2.45, 2.75) is 39.7 Å². The van der Waals surface area contributed by atoms with E-state index < -0.39 is 23.8 Å². The van der Waals surface area contributed by atoms with Crippen molar-refractivity contribution in [2.75, 3.05) is 5.32 Å². The Balaban J connectivity index is 1.83. The number of amides is 1. The molecular weight excluding hydrogens is 349 g/mol. The summed E-state index contributed by atoms with van der Waals surface area (Å²) in [5.41, 5.74) is 2.63. The molecule has 0 aliphatic rings. The first-order chi connectivity index (χ1) is 12.8. The maximum Gasteiger partial charge on any atom is 0.307 e. The molecular formula is C21H22FNO4. The molecule has 27 heavy (non-hydrogen) atoms. The Bertz CT molecular complexity index is 863. The molecule has 0 aliphatic carbocycles. The van der Waals surface area contributed by atoms with Crippen molar-refractivity contribution in [2.24, 2.45) is 0 Å².